The number of nitrogens with one attached hydrogen (secondary N) is 2. The minimum Gasteiger partial charge on any atom is -0.356 e. The van der Waals surface area contributed by atoms with Crippen molar-refractivity contribution in [1.29, 1.82) is 0 Å². The van der Waals surface area contributed by atoms with Crippen molar-refractivity contribution in [2.24, 2.45) is 0 Å². The number of aromatic nitrogens is 2. The molecular weight excluding hydrogens is 222 g/mol. The van der Waals surface area contributed by atoms with E-state index in [2.05, 4.69) is 22.2 Å². The number of H-pyrrole nitrogens is 1. The van der Waals surface area contributed by atoms with Crippen LogP contribution >= 0.6 is 11.6 Å². The minimum absolute atomic E-state index is 0.247. The smallest absolute Gasteiger partial charge is 0.201 e. The molecule has 4 heteroatoms. The number of imidazole rings is 1. The van der Waals surface area contributed by atoms with Gasteiger partial charge in [-0.3, -0.25) is 0 Å². The van der Waals surface area contributed by atoms with Crippen molar-refractivity contribution in [3.05, 3.63) is 24.3 Å². The topological polar surface area (TPSA) is 40.7 Å². The van der Waals surface area contributed by atoms with Crippen LogP contribution in [0.4, 0.5) is 5.95 Å². The molecule has 1 aromatic heterocycles. The first-order valence-corrected chi connectivity index (χ1v) is 6.06. The van der Waals surface area contributed by atoms with Gasteiger partial charge in [0.05, 0.1) is 11.0 Å². The highest BCUT2D eigenvalue weighted by molar-refractivity contribution is 6.20. The molecule has 1 unspecified atom stereocenters. The number of fused-ring (bicyclic) bond motifs is 1. The summed E-state index contributed by atoms with van der Waals surface area (Å²) in [5.74, 6) is 0.821. The second kappa shape index (κ2) is 5.21. The van der Waals surface area contributed by atoms with Gasteiger partial charge in [-0.1, -0.05) is 19.1 Å². The number of aromatic amines is 1. The molecule has 0 saturated heterocycles. The molecule has 3 nitrogen and oxygen atoms in total. The number of anilines is 1. The number of hydrogen-bond acceptors (Lipinski definition) is 2. The van der Waals surface area contributed by atoms with Gasteiger partial charge in [0.15, 0.2) is 0 Å². The van der Waals surface area contributed by atoms with E-state index in [1.165, 1.54) is 0 Å². The van der Waals surface area contributed by atoms with Crippen LogP contribution in [0.2, 0.25) is 0 Å². The van der Waals surface area contributed by atoms with E-state index in [4.69, 9.17) is 11.6 Å². The lowest BCUT2D eigenvalue weighted by Gasteiger charge is -2.06. The molecule has 0 amide bonds. The summed E-state index contributed by atoms with van der Waals surface area (Å²) >= 11 is 6.04. The second-order valence-corrected chi connectivity index (χ2v) is 4.44. The molecule has 0 fully saturated rings. The Kier molecular flexibility index (Phi) is 3.67. The van der Waals surface area contributed by atoms with Crippen LogP contribution in [0.25, 0.3) is 11.0 Å². The quantitative estimate of drug-likeness (QED) is 0.783. The number of halogens is 1. The fourth-order valence-electron chi connectivity index (χ4n) is 1.59. The molecule has 2 N–H and O–H groups in total. The molecular formula is C12H16ClN3. The predicted molar refractivity (Wildman–Crippen MR) is 69.1 cm³/mol. The van der Waals surface area contributed by atoms with Crippen LogP contribution in [0, 0.1) is 0 Å². The summed E-state index contributed by atoms with van der Waals surface area (Å²) in [6, 6.07) is 7.99. The molecule has 1 heterocycles. The lowest BCUT2D eigenvalue weighted by Crippen LogP contribution is -2.08. The largest absolute Gasteiger partial charge is 0.356 e. The lowest BCUT2D eigenvalue weighted by molar-refractivity contribution is 0.751. The number of alkyl halides is 1. The zero-order valence-electron chi connectivity index (χ0n) is 9.33. The fraction of sp³-hybridized carbons (Fsp3) is 0.417. The molecule has 0 aliphatic rings. The monoisotopic (exact) mass is 237 g/mol. The normalized spacial score (nSPS) is 12.9. The van der Waals surface area contributed by atoms with E-state index < -0.39 is 0 Å². The predicted octanol–water partition coefficient (Wildman–Crippen LogP) is 3.38. The highest BCUT2D eigenvalue weighted by Gasteiger charge is 2.03. The first-order valence-electron chi connectivity index (χ1n) is 5.62. The molecule has 2 aromatic rings. The maximum atomic E-state index is 6.04. The van der Waals surface area contributed by atoms with Gasteiger partial charge in [-0.15, -0.1) is 11.6 Å². The average Bonchev–Trinajstić information content (AvgIpc) is 2.71. The summed E-state index contributed by atoms with van der Waals surface area (Å²) in [5.41, 5.74) is 2.05. The van der Waals surface area contributed by atoms with Crippen molar-refractivity contribution in [3.63, 3.8) is 0 Å². The first kappa shape index (κ1) is 11.3. The van der Waals surface area contributed by atoms with Gasteiger partial charge in [0.25, 0.3) is 0 Å². The van der Waals surface area contributed by atoms with Crippen molar-refractivity contribution in [1.82, 2.24) is 9.97 Å². The number of benzene rings is 1. The second-order valence-electron chi connectivity index (χ2n) is 3.82. The van der Waals surface area contributed by atoms with Gasteiger partial charge in [-0.05, 0) is 25.0 Å². The van der Waals surface area contributed by atoms with E-state index in [0.717, 1.165) is 36.4 Å². The van der Waals surface area contributed by atoms with Crippen LogP contribution < -0.4 is 5.32 Å². The van der Waals surface area contributed by atoms with E-state index in [0.29, 0.717) is 0 Å². The van der Waals surface area contributed by atoms with E-state index in [1.54, 1.807) is 0 Å². The summed E-state index contributed by atoms with van der Waals surface area (Å²) in [4.78, 5) is 7.65. The maximum absolute atomic E-state index is 6.04. The first-order chi connectivity index (χ1) is 7.79. The number of rotatable bonds is 5. The Balaban J connectivity index is 1.94. The van der Waals surface area contributed by atoms with Crippen molar-refractivity contribution in [3.8, 4) is 0 Å². The van der Waals surface area contributed by atoms with Crippen molar-refractivity contribution < 1.29 is 0 Å². The van der Waals surface area contributed by atoms with E-state index >= 15 is 0 Å². The van der Waals surface area contributed by atoms with Gasteiger partial charge < -0.3 is 10.3 Å². The molecule has 1 aromatic carbocycles. The number of para-hydroxylation sites is 2. The Hall–Kier alpha value is -1.22. The van der Waals surface area contributed by atoms with Crippen molar-refractivity contribution in [2.45, 2.75) is 25.1 Å². The Morgan fingerprint density at radius 1 is 1.44 bits per heavy atom. The molecule has 0 aliphatic carbocycles. The van der Waals surface area contributed by atoms with Crippen LogP contribution in [-0.4, -0.2) is 21.9 Å². The zero-order valence-corrected chi connectivity index (χ0v) is 10.1. The van der Waals surface area contributed by atoms with E-state index in [9.17, 15) is 0 Å². The Morgan fingerprint density at radius 3 is 3.00 bits per heavy atom. The molecule has 2 rings (SSSR count). The Bertz CT molecular complexity index is 419. The third-order valence-corrected chi connectivity index (χ3v) is 3.11. The molecule has 0 saturated carbocycles. The van der Waals surface area contributed by atoms with Crippen molar-refractivity contribution >= 4 is 28.6 Å². The average molecular weight is 238 g/mol. The Morgan fingerprint density at radius 2 is 2.25 bits per heavy atom. The Labute approximate surface area is 100 Å². The van der Waals surface area contributed by atoms with Crippen LogP contribution in [0.1, 0.15) is 19.8 Å². The van der Waals surface area contributed by atoms with Gasteiger partial charge in [0, 0.05) is 11.9 Å². The van der Waals surface area contributed by atoms with Gasteiger partial charge >= 0.3 is 0 Å². The molecule has 0 aliphatic heterocycles. The minimum atomic E-state index is 0.247. The van der Waals surface area contributed by atoms with Crippen LogP contribution in [0.15, 0.2) is 24.3 Å². The lowest BCUT2D eigenvalue weighted by atomic mass is 10.2. The molecule has 0 radical (unpaired) electrons. The van der Waals surface area contributed by atoms with Crippen LogP contribution in [-0.2, 0) is 0 Å². The third-order valence-electron chi connectivity index (χ3n) is 2.58. The number of hydrogen-bond donors (Lipinski definition) is 2. The molecule has 1 atom stereocenters. The van der Waals surface area contributed by atoms with Crippen molar-refractivity contribution in [2.75, 3.05) is 11.9 Å². The third kappa shape index (κ3) is 2.67. The summed E-state index contributed by atoms with van der Waals surface area (Å²) in [7, 11) is 0. The summed E-state index contributed by atoms with van der Waals surface area (Å²) in [5, 5.41) is 3.50. The van der Waals surface area contributed by atoms with Gasteiger partial charge in [-0.25, -0.2) is 4.98 Å². The van der Waals surface area contributed by atoms with Gasteiger partial charge in [-0.2, -0.15) is 0 Å². The summed E-state index contributed by atoms with van der Waals surface area (Å²) in [6.07, 6.45) is 1.96. The molecule has 0 spiro atoms. The zero-order chi connectivity index (χ0) is 11.4. The van der Waals surface area contributed by atoms with Gasteiger partial charge in [0.1, 0.15) is 0 Å². The molecule has 0 bridgehead atoms. The van der Waals surface area contributed by atoms with E-state index in [1.807, 2.05) is 24.3 Å². The van der Waals surface area contributed by atoms with Gasteiger partial charge in [0.2, 0.25) is 5.95 Å². The molecule has 16 heavy (non-hydrogen) atoms. The highest BCUT2D eigenvalue weighted by atomic mass is 35.5. The van der Waals surface area contributed by atoms with Crippen LogP contribution in [0.5, 0.6) is 0 Å². The van der Waals surface area contributed by atoms with Crippen LogP contribution in [0.3, 0.4) is 0 Å². The maximum Gasteiger partial charge on any atom is 0.201 e. The number of nitrogens with zero attached hydrogens (tertiary/aromatic N) is 1. The summed E-state index contributed by atoms with van der Waals surface area (Å²) in [6.45, 7) is 2.95. The molecule has 86 valence electrons. The standard InChI is InChI=1S/C12H16ClN3/c1-2-9(13)7-8-14-12-15-10-5-3-4-6-11(10)16-12/h3-6,9H,2,7-8H2,1H3,(H2,14,15,16). The van der Waals surface area contributed by atoms with E-state index in [-0.39, 0.29) is 5.38 Å². The SMILES string of the molecule is CCC(Cl)CCNc1nc2ccccc2[nH]1. The highest BCUT2D eigenvalue weighted by Crippen LogP contribution is 2.13. The summed E-state index contributed by atoms with van der Waals surface area (Å²) < 4.78 is 0. The fourth-order valence-corrected chi connectivity index (χ4v) is 1.70.